The van der Waals surface area contributed by atoms with Crippen LogP contribution in [0.1, 0.15) is 24.5 Å². The molecular weight excluding hydrogens is 498 g/mol. The number of carbonyl (C=O) groups is 2. The molecule has 190 valence electrons. The molecule has 1 atom stereocenters. The average Bonchev–Trinajstić information content (AvgIpc) is 2.87. The standard InChI is InChI=1S/C27H30ClN3O4S/c1-4-25(27(33)29-3)30(18-21-10-6-5-7-11-21)26(32)19-31(23-12-8-9-20(2)17-23)36(34,35)24-15-13-22(28)14-16-24/h5-17,25H,4,18-19H2,1-3H3,(H,29,33)/t25-/m0/s1. The summed E-state index contributed by atoms with van der Waals surface area (Å²) < 4.78 is 28.6. The van der Waals surface area contributed by atoms with Crippen molar-refractivity contribution in [1.82, 2.24) is 10.2 Å². The fourth-order valence-corrected chi connectivity index (χ4v) is 5.44. The molecule has 0 aliphatic heterocycles. The first-order chi connectivity index (χ1) is 17.2. The minimum Gasteiger partial charge on any atom is -0.357 e. The van der Waals surface area contributed by atoms with Gasteiger partial charge in [0.2, 0.25) is 11.8 Å². The van der Waals surface area contributed by atoms with Crippen LogP contribution in [0.25, 0.3) is 0 Å². The minimum atomic E-state index is -4.12. The highest BCUT2D eigenvalue weighted by molar-refractivity contribution is 7.92. The second-order valence-electron chi connectivity index (χ2n) is 8.35. The van der Waals surface area contributed by atoms with Crippen LogP contribution in [0, 0.1) is 6.92 Å². The Hall–Kier alpha value is -3.36. The van der Waals surface area contributed by atoms with E-state index in [1.807, 2.05) is 50.2 Å². The van der Waals surface area contributed by atoms with Crippen LogP contribution in [-0.4, -0.2) is 44.8 Å². The molecule has 2 amide bonds. The van der Waals surface area contributed by atoms with Crippen LogP contribution < -0.4 is 9.62 Å². The SMILES string of the molecule is CC[C@@H](C(=O)NC)N(Cc1ccccc1)C(=O)CN(c1cccc(C)c1)S(=O)(=O)c1ccc(Cl)cc1. The van der Waals surface area contributed by atoms with Gasteiger partial charge in [0.1, 0.15) is 12.6 Å². The first-order valence-corrected chi connectivity index (χ1v) is 13.4. The fourth-order valence-electron chi connectivity index (χ4n) is 3.91. The number of carbonyl (C=O) groups excluding carboxylic acids is 2. The first kappa shape index (κ1) is 27.2. The van der Waals surface area contributed by atoms with E-state index in [0.717, 1.165) is 15.4 Å². The van der Waals surface area contributed by atoms with Gasteiger partial charge in [0, 0.05) is 18.6 Å². The molecule has 0 radical (unpaired) electrons. The number of hydrogen-bond donors (Lipinski definition) is 1. The summed E-state index contributed by atoms with van der Waals surface area (Å²) in [5, 5.41) is 3.01. The van der Waals surface area contributed by atoms with Gasteiger partial charge in [-0.15, -0.1) is 0 Å². The smallest absolute Gasteiger partial charge is 0.264 e. The lowest BCUT2D eigenvalue weighted by molar-refractivity contribution is -0.140. The lowest BCUT2D eigenvalue weighted by Crippen LogP contribution is -2.51. The predicted octanol–water partition coefficient (Wildman–Crippen LogP) is 4.40. The van der Waals surface area contributed by atoms with Crippen LogP contribution in [-0.2, 0) is 26.2 Å². The molecule has 1 N–H and O–H groups in total. The van der Waals surface area contributed by atoms with Gasteiger partial charge in [0.25, 0.3) is 10.0 Å². The first-order valence-electron chi connectivity index (χ1n) is 11.6. The maximum Gasteiger partial charge on any atom is 0.264 e. The monoisotopic (exact) mass is 527 g/mol. The summed E-state index contributed by atoms with van der Waals surface area (Å²) in [5.41, 5.74) is 2.02. The van der Waals surface area contributed by atoms with Crippen molar-refractivity contribution in [2.24, 2.45) is 0 Å². The molecule has 3 aromatic carbocycles. The minimum absolute atomic E-state index is 0.00848. The number of benzene rings is 3. The van der Waals surface area contributed by atoms with E-state index < -0.39 is 28.5 Å². The third-order valence-corrected chi connectivity index (χ3v) is 7.84. The Balaban J connectivity index is 2.05. The maximum atomic E-state index is 13.8. The average molecular weight is 528 g/mol. The second kappa shape index (κ2) is 12.1. The Kier molecular flexibility index (Phi) is 9.12. The molecule has 0 saturated carbocycles. The van der Waals surface area contributed by atoms with Gasteiger partial charge in [-0.2, -0.15) is 0 Å². The molecule has 3 aromatic rings. The Morgan fingerprint density at radius 1 is 0.972 bits per heavy atom. The van der Waals surface area contributed by atoms with Crippen molar-refractivity contribution in [3.8, 4) is 0 Å². The number of rotatable bonds is 10. The van der Waals surface area contributed by atoms with Crippen molar-refractivity contribution in [3.63, 3.8) is 0 Å². The van der Waals surface area contributed by atoms with Crippen LogP contribution in [0.15, 0.2) is 83.8 Å². The molecule has 0 bridgehead atoms. The molecule has 9 heteroatoms. The van der Waals surface area contributed by atoms with Crippen molar-refractivity contribution >= 4 is 39.1 Å². The molecule has 0 aliphatic carbocycles. The van der Waals surface area contributed by atoms with Crippen LogP contribution in [0.5, 0.6) is 0 Å². The largest absolute Gasteiger partial charge is 0.357 e. The van der Waals surface area contributed by atoms with E-state index in [4.69, 9.17) is 11.6 Å². The van der Waals surface area contributed by atoms with Gasteiger partial charge in [-0.05, 0) is 60.9 Å². The van der Waals surface area contributed by atoms with E-state index in [2.05, 4.69) is 5.32 Å². The Labute approximate surface area is 217 Å². The number of nitrogens with zero attached hydrogens (tertiary/aromatic N) is 2. The van der Waals surface area contributed by atoms with Gasteiger partial charge in [0.05, 0.1) is 10.6 Å². The zero-order chi connectivity index (χ0) is 26.3. The molecule has 0 aliphatic rings. The molecule has 0 unspecified atom stereocenters. The maximum absolute atomic E-state index is 13.8. The van der Waals surface area contributed by atoms with E-state index in [-0.39, 0.29) is 17.3 Å². The molecule has 36 heavy (non-hydrogen) atoms. The lowest BCUT2D eigenvalue weighted by atomic mass is 10.1. The van der Waals surface area contributed by atoms with Gasteiger partial charge in [-0.3, -0.25) is 13.9 Å². The molecule has 7 nitrogen and oxygen atoms in total. The van der Waals surface area contributed by atoms with Gasteiger partial charge in [-0.25, -0.2) is 8.42 Å². The molecule has 0 aromatic heterocycles. The van der Waals surface area contributed by atoms with Gasteiger partial charge in [0.15, 0.2) is 0 Å². The van der Waals surface area contributed by atoms with E-state index in [1.165, 1.54) is 36.2 Å². The number of halogens is 1. The molecule has 0 spiro atoms. The van der Waals surface area contributed by atoms with Gasteiger partial charge >= 0.3 is 0 Å². The van der Waals surface area contributed by atoms with Crippen LogP contribution in [0.3, 0.4) is 0 Å². The summed E-state index contributed by atoms with van der Waals surface area (Å²) in [7, 11) is -2.61. The highest BCUT2D eigenvalue weighted by atomic mass is 35.5. The topological polar surface area (TPSA) is 86.8 Å². The third kappa shape index (κ3) is 6.44. The number of nitrogens with one attached hydrogen (secondary N) is 1. The van der Waals surface area contributed by atoms with Crippen LogP contribution in [0.2, 0.25) is 5.02 Å². The summed E-state index contributed by atoms with van der Waals surface area (Å²) in [6, 6.07) is 21.3. The van der Waals surface area contributed by atoms with E-state index in [9.17, 15) is 18.0 Å². The summed E-state index contributed by atoms with van der Waals surface area (Å²) >= 11 is 5.97. The molecule has 0 heterocycles. The Bertz CT molecular complexity index is 1300. The zero-order valence-corrected chi connectivity index (χ0v) is 22.1. The molecular formula is C27H30ClN3O4S. The number of aryl methyl sites for hydroxylation is 1. The molecule has 0 saturated heterocycles. The lowest BCUT2D eigenvalue weighted by Gasteiger charge is -2.33. The number of likely N-dealkylation sites (N-methyl/N-ethyl adjacent to an activating group) is 1. The van der Waals surface area contributed by atoms with Crippen LogP contribution in [0.4, 0.5) is 5.69 Å². The quantitative estimate of drug-likeness (QED) is 0.423. The van der Waals surface area contributed by atoms with Crippen molar-refractivity contribution in [3.05, 3.63) is 95.0 Å². The van der Waals surface area contributed by atoms with Crippen molar-refractivity contribution in [2.75, 3.05) is 17.9 Å². The van der Waals surface area contributed by atoms with Crippen molar-refractivity contribution in [2.45, 2.75) is 37.8 Å². The molecule has 3 rings (SSSR count). The van der Waals surface area contributed by atoms with Crippen LogP contribution >= 0.6 is 11.6 Å². The highest BCUT2D eigenvalue weighted by Crippen LogP contribution is 2.26. The summed E-state index contributed by atoms with van der Waals surface area (Å²) in [6.07, 6.45) is 0.368. The third-order valence-electron chi connectivity index (χ3n) is 5.80. The number of hydrogen-bond acceptors (Lipinski definition) is 4. The predicted molar refractivity (Wildman–Crippen MR) is 142 cm³/mol. The van der Waals surface area contributed by atoms with Gasteiger partial charge < -0.3 is 10.2 Å². The number of sulfonamides is 1. The summed E-state index contributed by atoms with van der Waals surface area (Å²) in [4.78, 5) is 27.9. The fraction of sp³-hybridized carbons (Fsp3) is 0.259. The van der Waals surface area contributed by atoms with Crippen molar-refractivity contribution < 1.29 is 18.0 Å². The summed E-state index contributed by atoms with van der Waals surface area (Å²) in [5.74, 6) is -0.808. The molecule has 0 fully saturated rings. The Morgan fingerprint density at radius 3 is 2.22 bits per heavy atom. The van der Waals surface area contributed by atoms with E-state index >= 15 is 0 Å². The Morgan fingerprint density at radius 2 is 1.64 bits per heavy atom. The van der Waals surface area contributed by atoms with Gasteiger partial charge in [-0.1, -0.05) is 61.0 Å². The second-order valence-corrected chi connectivity index (χ2v) is 10.6. The normalized spacial score (nSPS) is 12.0. The van der Waals surface area contributed by atoms with E-state index in [1.54, 1.807) is 18.2 Å². The van der Waals surface area contributed by atoms with E-state index in [0.29, 0.717) is 17.1 Å². The number of anilines is 1. The summed E-state index contributed by atoms with van der Waals surface area (Å²) in [6.45, 7) is 3.34. The highest BCUT2D eigenvalue weighted by Gasteiger charge is 2.33. The number of amides is 2. The van der Waals surface area contributed by atoms with Crippen molar-refractivity contribution in [1.29, 1.82) is 0 Å². The zero-order valence-electron chi connectivity index (χ0n) is 20.5.